The third-order valence-electron chi connectivity index (χ3n) is 0.453. The average molecular weight is 307 g/mol. The molecule has 0 saturated carbocycles. The fourth-order valence-corrected chi connectivity index (χ4v) is 0.312. The fraction of sp³-hybridized carbons (Fsp3) is 0. The van der Waals surface area contributed by atoms with E-state index in [0.29, 0.717) is 0 Å². The monoisotopic (exact) mass is 308 g/mol. The zero-order valence-electron chi connectivity index (χ0n) is 6.30. The SMILES string of the molecule is F/N=N/N=N/N=N/N=N/N=N/N[N]=[Sn]. The molecule has 0 aromatic heterocycles. The molecule has 14 heavy (non-hydrogen) atoms. The Morgan fingerprint density at radius 3 is 1.79 bits per heavy atom. The molecule has 0 fully saturated rings. The van der Waals surface area contributed by atoms with Gasteiger partial charge in [-0.15, -0.1) is 0 Å². The Hall–Kier alpha value is -1.67. The molecule has 0 aromatic rings. The standard InChI is InChI=1S/FHN12.Sn/c1-3-5-7-9-11-13-12-10-8-6-4-2;/h(H,3,4,7,8,11,12);. The van der Waals surface area contributed by atoms with Crippen LogP contribution in [0, 0.1) is 0 Å². The molecule has 2 radical (unpaired) electrons. The maximum atomic E-state index is 10.9. The van der Waals surface area contributed by atoms with Gasteiger partial charge in [0.1, 0.15) is 0 Å². The summed E-state index contributed by atoms with van der Waals surface area (Å²) in [5.41, 5.74) is 2.15. The fourth-order valence-electron chi connectivity index (χ4n) is 0.185. The first kappa shape index (κ1) is 12.3. The van der Waals surface area contributed by atoms with Crippen molar-refractivity contribution < 1.29 is 4.48 Å². The molecule has 0 aliphatic rings. The van der Waals surface area contributed by atoms with E-state index < -0.39 is 0 Å². The van der Waals surface area contributed by atoms with Gasteiger partial charge in [-0.1, -0.05) is 4.48 Å². The molecule has 0 bridgehead atoms. The third kappa shape index (κ3) is 10.3. The summed E-state index contributed by atoms with van der Waals surface area (Å²) in [6.07, 6.45) is 0. The molecule has 0 amide bonds. The summed E-state index contributed by atoms with van der Waals surface area (Å²) >= 11 is 0.887. The summed E-state index contributed by atoms with van der Waals surface area (Å²) < 4.78 is 14.3. The summed E-state index contributed by atoms with van der Waals surface area (Å²) in [5, 5.41) is 27.8. The summed E-state index contributed by atoms with van der Waals surface area (Å²) in [6, 6.07) is 0. The van der Waals surface area contributed by atoms with Crippen LogP contribution in [0.4, 0.5) is 4.48 Å². The minimum atomic E-state index is 0.887. The zero-order chi connectivity index (χ0) is 10.5. The minimum absolute atomic E-state index is 0.887. The number of rotatable bonds is 6. The molecule has 0 aliphatic heterocycles. The molecule has 0 rings (SSSR count). The van der Waals surface area contributed by atoms with Crippen molar-refractivity contribution in [3.63, 3.8) is 0 Å². The number of nitrogens with zero attached hydrogens (tertiary/aromatic N) is 11. The first-order valence-corrected chi connectivity index (χ1v) is 3.92. The molecule has 0 saturated heterocycles. The summed E-state index contributed by atoms with van der Waals surface area (Å²) in [5.74, 6) is 0. The Bertz CT molecular complexity index is 270. The second-order valence-corrected chi connectivity index (χ2v) is 1.74. The van der Waals surface area contributed by atoms with Crippen LogP contribution in [0.5, 0.6) is 0 Å². The second-order valence-electron chi connectivity index (χ2n) is 1.10. The first-order valence-electron chi connectivity index (χ1n) is 2.64. The average Bonchev–Trinajstić information content (AvgIpc) is 2.21. The zero-order valence-corrected chi connectivity index (χ0v) is 9.15. The van der Waals surface area contributed by atoms with Gasteiger partial charge in [0.15, 0.2) is 0 Å². The topological polar surface area (TPSA) is 148 Å². The van der Waals surface area contributed by atoms with Crippen LogP contribution in [0.1, 0.15) is 0 Å². The predicted molar refractivity (Wildman–Crippen MR) is 36.7 cm³/mol. The van der Waals surface area contributed by atoms with Crippen molar-refractivity contribution in [2.24, 2.45) is 55.6 Å². The Kier molecular flexibility index (Phi) is 9.98. The van der Waals surface area contributed by atoms with Crippen LogP contribution in [-0.2, 0) is 0 Å². The Labute approximate surface area is 88.4 Å². The van der Waals surface area contributed by atoms with E-state index in [1.807, 2.05) is 0 Å². The van der Waals surface area contributed by atoms with Crippen LogP contribution in [0.25, 0.3) is 0 Å². The van der Waals surface area contributed by atoms with Crippen molar-refractivity contribution in [2.75, 3.05) is 0 Å². The molecule has 1 N–H and O–H groups in total. The van der Waals surface area contributed by atoms with Crippen LogP contribution in [0.3, 0.4) is 0 Å². The van der Waals surface area contributed by atoms with Gasteiger partial charge in [-0.25, -0.2) is 0 Å². The van der Waals surface area contributed by atoms with Gasteiger partial charge in [0.05, 0.1) is 0 Å². The third-order valence-corrected chi connectivity index (χ3v) is 0.739. The van der Waals surface area contributed by atoms with Crippen molar-refractivity contribution in [2.45, 2.75) is 0 Å². The van der Waals surface area contributed by atoms with Crippen LogP contribution >= 0.6 is 0 Å². The molecule has 72 valence electrons. The molecular formula is HFN12Sn. The van der Waals surface area contributed by atoms with Crippen molar-refractivity contribution in [3.8, 4) is 0 Å². The van der Waals surface area contributed by atoms with Crippen LogP contribution < -0.4 is 5.53 Å². The van der Waals surface area contributed by atoms with E-state index >= 15 is 0 Å². The van der Waals surface area contributed by atoms with E-state index in [2.05, 4.69) is 55.8 Å². The van der Waals surface area contributed by atoms with Crippen LogP contribution in [0.2, 0.25) is 0 Å². The molecule has 12 nitrogen and oxygen atoms in total. The van der Waals surface area contributed by atoms with Crippen molar-refractivity contribution >= 4 is 22.4 Å². The molecule has 0 spiro atoms. The van der Waals surface area contributed by atoms with E-state index in [-0.39, 0.29) is 0 Å². The maximum absolute atomic E-state index is 10.9. The van der Waals surface area contributed by atoms with Gasteiger partial charge < -0.3 is 0 Å². The van der Waals surface area contributed by atoms with Gasteiger partial charge in [-0.2, -0.15) is 0 Å². The van der Waals surface area contributed by atoms with Gasteiger partial charge in [0, 0.05) is 0 Å². The second kappa shape index (κ2) is 11.3. The number of nitrogens with one attached hydrogen (secondary N) is 1. The van der Waals surface area contributed by atoms with Gasteiger partial charge in [0.25, 0.3) is 0 Å². The van der Waals surface area contributed by atoms with Crippen molar-refractivity contribution in [1.29, 1.82) is 0 Å². The molecular weight excluding hydrogens is 306 g/mol. The normalized spacial score (nSPS) is 12.9. The first-order chi connectivity index (χ1) is 6.91. The van der Waals surface area contributed by atoms with Gasteiger partial charge in [-0.05, 0) is 0 Å². The van der Waals surface area contributed by atoms with E-state index in [9.17, 15) is 4.48 Å². The molecule has 0 unspecified atom stereocenters. The summed E-state index contributed by atoms with van der Waals surface area (Å²) in [4.78, 5) is 0. The Morgan fingerprint density at radius 2 is 1.29 bits per heavy atom. The van der Waals surface area contributed by atoms with E-state index in [1.165, 1.54) is 0 Å². The van der Waals surface area contributed by atoms with Crippen molar-refractivity contribution in [1.82, 2.24) is 5.53 Å². The molecule has 0 aromatic carbocycles. The van der Waals surface area contributed by atoms with Crippen LogP contribution in [0.15, 0.2) is 55.6 Å². The number of hydrogen-bond donors (Lipinski definition) is 1. The quantitative estimate of drug-likeness (QED) is 0.442. The molecule has 14 heteroatoms. The van der Waals surface area contributed by atoms with Gasteiger partial charge in [0.2, 0.25) is 0 Å². The van der Waals surface area contributed by atoms with Crippen LogP contribution in [-0.4, -0.2) is 22.4 Å². The number of halogens is 1. The molecule has 0 heterocycles. The van der Waals surface area contributed by atoms with E-state index in [0.717, 1.165) is 22.4 Å². The number of hydrogen-bond acceptors (Lipinski definition) is 3. The predicted octanol–water partition coefficient (Wildman–Crippen LogP) is 1.56. The van der Waals surface area contributed by atoms with E-state index in [1.54, 1.807) is 5.34 Å². The van der Waals surface area contributed by atoms with Gasteiger partial charge in [-0.3, -0.25) is 0 Å². The molecule has 0 atom stereocenters. The Morgan fingerprint density at radius 1 is 0.786 bits per heavy atom. The molecule has 0 aliphatic carbocycles. The summed E-state index contributed by atoms with van der Waals surface area (Å²) in [7, 11) is 0. The summed E-state index contributed by atoms with van der Waals surface area (Å²) in [6.45, 7) is 0. The van der Waals surface area contributed by atoms with Crippen molar-refractivity contribution in [3.05, 3.63) is 0 Å². The van der Waals surface area contributed by atoms with Gasteiger partial charge >= 0.3 is 83.5 Å². The Balaban J connectivity index is 3.65. The van der Waals surface area contributed by atoms with E-state index in [4.69, 9.17) is 0 Å².